The first-order valence-corrected chi connectivity index (χ1v) is 8.46. The number of carbonyl (C=O) groups is 1. The molecule has 23 heavy (non-hydrogen) atoms. The maximum absolute atomic E-state index is 14.0. The molecule has 1 aromatic heterocycles. The second-order valence-electron chi connectivity index (χ2n) is 5.83. The average Bonchev–Trinajstić information content (AvgIpc) is 3.05. The summed E-state index contributed by atoms with van der Waals surface area (Å²) in [5, 5.41) is 4.12. The third-order valence-corrected chi connectivity index (χ3v) is 4.86. The lowest BCUT2D eigenvalue weighted by Crippen LogP contribution is -2.40. The summed E-state index contributed by atoms with van der Waals surface area (Å²) in [6.45, 7) is 2.27. The Bertz CT molecular complexity index is 669. The minimum atomic E-state index is -0.345. The van der Waals surface area contributed by atoms with Crippen molar-refractivity contribution in [1.82, 2.24) is 19.7 Å². The van der Waals surface area contributed by atoms with Gasteiger partial charge in [0.15, 0.2) is 0 Å². The van der Waals surface area contributed by atoms with Crippen LogP contribution in [0.3, 0.4) is 0 Å². The number of piperidine rings is 1. The van der Waals surface area contributed by atoms with Crippen LogP contribution in [-0.2, 0) is 17.8 Å². The molecule has 0 atom stereocenters. The van der Waals surface area contributed by atoms with Crippen molar-refractivity contribution in [2.24, 2.45) is 5.92 Å². The molecule has 1 aliphatic rings. The number of rotatable bonds is 4. The number of carbonyl (C=O) groups excluding carboxylic acids is 1. The van der Waals surface area contributed by atoms with Gasteiger partial charge in [0, 0.05) is 19.6 Å². The average molecular weight is 381 g/mol. The molecule has 0 radical (unpaired) electrons. The van der Waals surface area contributed by atoms with E-state index in [1.807, 2.05) is 9.58 Å². The van der Waals surface area contributed by atoms with Gasteiger partial charge in [-0.2, -0.15) is 5.10 Å². The summed E-state index contributed by atoms with van der Waals surface area (Å²) < 4.78 is 16.2. The number of likely N-dealkylation sites (tertiary alicyclic amines) is 1. The third-order valence-electron chi connectivity index (χ3n) is 4.25. The van der Waals surface area contributed by atoms with Crippen LogP contribution in [0.15, 0.2) is 35.3 Å². The SMILES string of the molecule is O=C(Cc1cccc(Br)c1F)N1CCC(Cn2cncn2)CC1. The van der Waals surface area contributed by atoms with E-state index in [0.717, 1.165) is 19.4 Å². The standard InChI is InChI=1S/C16H18BrFN4O/c17-14-3-1-2-13(16(14)18)8-15(23)21-6-4-12(5-7-21)9-22-11-19-10-20-22/h1-3,10-12H,4-9H2. The predicted octanol–water partition coefficient (Wildman–Crippen LogP) is 2.66. The van der Waals surface area contributed by atoms with Crippen molar-refractivity contribution in [3.8, 4) is 0 Å². The van der Waals surface area contributed by atoms with Crippen LogP contribution in [0.5, 0.6) is 0 Å². The lowest BCUT2D eigenvalue weighted by molar-refractivity contribution is -0.131. The predicted molar refractivity (Wildman–Crippen MR) is 87.1 cm³/mol. The summed E-state index contributed by atoms with van der Waals surface area (Å²) in [5.41, 5.74) is 0.439. The Morgan fingerprint density at radius 3 is 2.83 bits per heavy atom. The number of aromatic nitrogens is 3. The summed E-state index contributed by atoms with van der Waals surface area (Å²) in [6, 6.07) is 5.05. The van der Waals surface area contributed by atoms with Gasteiger partial charge < -0.3 is 4.90 Å². The summed E-state index contributed by atoms with van der Waals surface area (Å²) in [5.74, 6) is 0.145. The van der Waals surface area contributed by atoms with E-state index in [1.54, 1.807) is 24.5 Å². The molecule has 1 fully saturated rings. The molecule has 0 aliphatic carbocycles. The van der Waals surface area contributed by atoms with Gasteiger partial charge in [0.05, 0.1) is 10.9 Å². The summed E-state index contributed by atoms with van der Waals surface area (Å²) in [7, 11) is 0. The Morgan fingerprint density at radius 2 is 2.13 bits per heavy atom. The maximum Gasteiger partial charge on any atom is 0.227 e. The van der Waals surface area contributed by atoms with Crippen molar-refractivity contribution in [3.63, 3.8) is 0 Å². The second kappa shape index (κ2) is 7.21. The van der Waals surface area contributed by atoms with E-state index in [-0.39, 0.29) is 18.1 Å². The molecule has 0 unspecified atom stereocenters. The van der Waals surface area contributed by atoms with Gasteiger partial charge in [0.2, 0.25) is 5.91 Å². The molecule has 1 aliphatic heterocycles. The quantitative estimate of drug-likeness (QED) is 0.819. The molecule has 0 saturated carbocycles. The van der Waals surface area contributed by atoms with Gasteiger partial charge in [0.1, 0.15) is 18.5 Å². The highest BCUT2D eigenvalue weighted by atomic mass is 79.9. The Hall–Kier alpha value is -1.76. The van der Waals surface area contributed by atoms with Crippen molar-refractivity contribution in [3.05, 3.63) is 46.7 Å². The fourth-order valence-corrected chi connectivity index (χ4v) is 3.32. The van der Waals surface area contributed by atoms with Crippen LogP contribution in [0, 0.1) is 11.7 Å². The molecule has 0 N–H and O–H groups in total. The minimum Gasteiger partial charge on any atom is -0.342 e. The zero-order chi connectivity index (χ0) is 16.2. The largest absolute Gasteiger partial charge is 0.342 e. The van der Waals surface area contributed by atoms with Crippen molar-refractivity contribution >= 4 is 21.8 Å². The van der Waals surface area contributed by atoms with Crippen molar-refractivity contribution in [2.75, 3.05) is 13.1 Å². The van der Waals surface area contributed by atoms with Gasteiger partial charge in [-0.25, -0.2) is 9.37 Å². The van der Waals surface area contributed by atoms with Gasteiger partial charge in [-0.05, 0) is 46.3 Å². The second-order valence-corrected chi connectivity index (χ2v) is 6.69. The Balaban J connectivity index is 1.53. The summed E-state index contributed by atoms with van der Waals surface area (Å²) in [4.78, 5) is 18.1. The van der Waals surface area contributed by atoms with Crippen LogP contribution in [0.25, 0.3) is 0 Å². The van der Waals surface area contributed by atoms with Gasteiger partial charge in [-0.3, -0.25) is 9.48 Å². The lowest BCUT2D eigenvalue weighted by Gasteiger charge is -2.32. The highest BCUT2D eigenvalue weighted by Crippen LogP contribution is 2.22. The van der Waals surface area contributed by atoms with Crippen LogP contribution in [-0.4, -0.2) is 38.7 Å². The van der Waals surface area contributed by atoms with Crippen LogP contribution in [0.1, 0.15) is 18.4 Å². The number of nitrogens with zero attached hydrogens (tertiary/aromatic N) is 4. The summed E-state index contributed by atoms with van der Waals surface area (Å²) >= 11 is 3.15. The molecule has 0 spiro atoms. The first kappa shape index (κ1) is 16.1. The monoisotopic (exact) mass is 380 g/mol. The van der Waals surface area contributed by atoms with E-state index in [0.29, 0.717) is 29.0 Å². The molecule has 1 aromatic carbocycles. The molecular formula is C16H18BrFN4O. The van der Waals surface area contributed by atoms with E-state index in [2.05, 4.69) is 26.0 Å². The highest BCUT2D eigenvalue weighted by molar-refractivity contribution is 9.10. The maximum atomic E-state index is 14.0. The van der Waals surface area contributed by atoms with Gasteiger partial charge in [-0.1, -0.05) is 12.1 Å². The smallest absolute Gasteiger partial charge is 0.227 e. The Morgan fingerprint density at radius 1 is 1.35 bits per heavy atom. The number of hydrogen-bond acceptors (Lipinski definition) is 3. The topological polar surface area (TPSA) is 51.0 Å². The first-order chi connectivity index (χ1) is 11.1. The molecule has 2 aromatic rings. The molecule has 5 nitrogen and oxygen atoms in total. The normalized spacial score (nSPS) is 15.8. The Kier molecular flexibility index (Phi) is 5.05. The zero-order valence-corrected chi connectivity index (χ0v) is 14.2. The van der Waals surface area contributed by atoms with Crippen LogP contribution in [0.2, 0.25) is 0 Å². The van der Waals surface area contributed by atoms with Crippen LogP contribution in [0.4, 0.5) is 4.39 Å². The van der Waals surface area contributed by atoms with Crippen LogP contribution < -0.4 is 0 Å². The zero-order valence-electron chi connectivity index (χ0n) is 12.7. The van der Waals surface area contributed by atoms with E-state index >= 15 is 0 Å². The molecule has 122 valence electrons. The van der Waals surface area contributed by atoms with Crippen molar-refractivity contribution in [2.45, 2.75) is 25.8 Å². The number of hydrogen-bond donors (Lipinski definition) is 0. The molecule has 1 saturated heterocycles. The Labute approximate surface area is 142 Å². The summed E-state index contributed by atoms with van der Waals surface area (Å²) in [6.07, 6.45) is 5.23. The van der Waals surface area contributed by atoms with Gasteiger partial charge >= 0.3 is 0 Å². The van der Waals surface area contributed by atoms with Crippen LogP contribution >= 0.6 is 15.9 Å². The van der Waals surface area contributed by atoms with Gasteiger partial charge in [-0.15, -0.1) is 0 Å². The minimum absolute atomic E-state index is 0.0128. The number of halogens is 2. The van der Waals surface area contributed by atoms with E-state index < -0.39 is 0 Å². The number of amides is 1. The fourth-order valence-electron chi connectivity index (χ4n) is 2.92. The van der Waals surface area contributed by atoms with E-state index in [9.17, 15) is 9.18 Å². The molecule has 0 bridgehead atoms. The highest BCUT2D eigenvalue weighted by Gasteiger charge is 2.24. The lowest BCUT2D eigenvalue weighted by atomic mass is 9.96. The van der Waals surface area contributed by atoms with E-state index in [1.165, 1.54) is 6.33 Å². The fraction of sp³-hybridized carbons (Fsp3) is 0.438. The first-order valence-electron chi connectivity index (χ1n) is 7.66. The molecule has 1 amide bonds. The third kappa shape index (κ3) is 3.96. The van der Waals surface area contributed by atoms with E-state index in [4.69, 9.17) is 0 Å². The molecule has 2 heterocycles. The van der Waals surface area contributed by atoms with Gasteiger partial charge in [0.25, 0.3) is 0 Å². The molecular weight excluding hydrogens is 363 g/mol. The molecule has 7 heteroatoms. The van der Waals surface area contributed by atoms with Crippen molar-refractivity contribution < 1.29 is 9.18 Å². The number of benzene rings is 1. The molecule has 3 rings (SSSR count). The van der Waals surface area contributed by atoms with Crippen molar-refractivity contribution in [1.29, 1.82) is 0 Å².